The third-order valence-corrected chi connectivity index (χ3v) is 4.32. The second kappa shape index (κ2) is 7.30. The third kappa shape index (κ3) is 3.60. The Morgan fingerprint density at radius 1 is 1.16 bits per heavy atom. The van der Waals surface area contributed by atoms with Crippen molar-refractivity contribution in [2.45, 2.75) is 33.2 Å². The van der Waals surface area contributed by atoms with Crippen molar-refractivity contribution in [3.63, 3.8) is 0 Å². The highest BCUT2D eigenvalue weighted by Crippen LogP contribution is 2.21. The first-order chi connectivity index (χ1) is 12.1. The van der Waals surface area contributed by atoms with Gasteiger partial charge < -0.3 is 5.32 Å². The van der Waals surface area contributed by atoms with Gasteiger partial charge in [0.05, 0.1) is 29.2 Å². The summed E-state index contributed by atoms with van der Waals surface area (Å²) in [5, 5.41) is 7.24. The van der Waals surface area contributed by atoms with Crippen LogP contribution >= 0.6 is 0 Å². The molecule has 0 fully saturated rings. The predicted molar refractivity (Wildman–Crippen MR) is 99.6 cm³/mol. The topological polar surface area (TPSA) is 59.8 Å². The van der Waals surface area contributed by atoms with Crippen molar-refractivity contribution in [1.82, 2.24) is 14.8 Å². The molecule has 0 spiro atoms. The number of nitrogens with zero attached hydrogens (tertiary/aromatic N) is 3. The quantitative estimate of drug-likeness (QED) is 0.748. The number of rotatable bonds is 5. The molecule has 1 aromatic carbocycles. The molecule has 1 N–H and O–H groups in total. The van der Waals surface area contributed by atoms with Crippen LogP contribution in [0.1, 0.15) is 42.4 Å². The highest BCUT2D eigenvalue weighted by atomic mass is 16.1. The average Bonchev–Trinajstić information content (AvgIpc) is 3.09. The monoisotopic (exact) mass is 334 g/mol. The van der Waals surface area contributed by atoms with Gasteiger partial charge in [-0.15, -0.1) is 0 Å². The molecule has 0 saturated carbocycles. The van der Waals surface area contributed by atoms with Gasteiger partial charge in [0.1, 0.15) is 5.82 Å². The maximum absolute atomic E-state index is 12.7. The number of benzene rings is 1. The molecule has 0 aliphatic rings. The summed E-state index contributed by atoms with van der Waals surface area (Å²) >= 11 is 0. The van der Waals surface area contributed by atoms with E-state index in [-0.39, 0.29) is 11.9 Å². The van der Waals surface area contributed by atoms with Gasteiger partial charge in [0.25, 0.3) is 5.91 Å². The summed E-state index contributed by atoms with van der Waals surface area (Å²) in [5.74, 6) is 0.528. The molecule has 5 nitrogen and oxygen atoms in total. The molecule has 0 aliphatic heterocycles. The molecule has 2 aromatic heterocycles. The fraction of sp³-hybridized carbons (Fsp3) is 0.250. The molecule has 1 atom stereocenters. The first-order valence-corrected chi connectivity index (χ1v) is 8.48. The van der Waals surface area contributed by atoms with Crippen LogP contribution in [0.25, 0.3) is 11.3 Å². The lowest BCUT2D eigenvalue weighted by molar-refractivity contribution is 0.102. The van der Waals surface area contributed by atoms with E-state index in [0.29, 0.717) is 17.1 Å². The number of anilines is 1. The SMILES string of the molecule is CCC(C)n1nccc1NC(=O)c1ccc(-c2ccccc2)nc1C. The fourth-order valence-corrected chi connectivity index (χ4v) is 2.69. The van der Waals surface area contributed by atoms with Gasteiger partial charge >= 0.3 is 0 Å². The summed E-state index contributed by atoms with van der Waals surface area (Å²) in [6.45, 7) is 6.02. The Balaban J connectivity index is 1.83. The van der Waals surface area contributed by atoms with E-state index in [1.165, 1.54) is 0 Å². The number of nitrogens with one attached hydrogen (secondary N) is 1. The van der Waals surface area contributed by atoms with E-state index in [9.17, 15) is 4.79 Å². The van der Waals surface area contributed by atoms with E-state index >= 15 is 0 Å². The summed E-state index contributed by atoms with van der Waals surface area (Å²) in [6.07, 6.45) is 2.64. The molecule has 1 amide bonds. The Kier molecular flexibility index (Phi) is 4.93. The fourth-order valence-electron chi connectivity index (χ4n) is 2.69. The molecular formula is C20H22N4O. The first-order valence-electron chi connectivity index (χ1n) is 8.48. The molecular weight excluding hydrogens is 312 g/mol. The van der Waals surface area contributed by atoms with Crippen LogP contribution in [0.15, 0.2) is 54.7 Å². The zero-order chi connectivity index (χ0) is 17.8. The summed E-state index contributed by atoms with van der Waals surface area (Å²) in [7, 11) is 0. The van der Waals surface area contributed by atoms with Crippen LogP contribution in [-0.4, -0.2) is 20.7 Å². The van der Waals surface area contributed by atoms with E-state index in [2.05, 4.69) is 29.2 Å². The first kappa shape index (κ1) is 16.9. The molecule has 0 saturated heterocycles. The van der Waals surface area contributed by atoms with Crippen LogP contribution in [0.2, 0.25) is 0 Å². The van der Waals surface area contributed by atoms with Gasteiger partial charge in [-0.2, -0.15) is 5.10 Å². The minimum Gasteiger partial charge on any atom is -0.307 e. The van der Waals surface area contributed by atoms with Crippen LogP contribution in [-0.2, 0) is 0 Å². The van der Waals surface area contributed by atoms with Crippen LogP contribution in [0.3, 0.4) is 0 Å². The average molecular weight is 334 g/mol. The Labute approximate surface area is 147 Å². The number of aryl methyl sites for hydroxylation is 1. The normalized spacial score (nSPS) is 12.0. The zero-order valence-corrected chi connectivity index (χ0v) is 14.7. The van der Waals surface area contributed by atoms with Crippen molar-refractivity contribution in [1.29, 1.82) is 0 Å². The number of amides is 1. The minimum atomic E-state index is -0.172. The maximum Gasteiger partial charge on any atom is 0.258 e. The molecule has 0 aliphatic carbocycles. The summed E-state index contributed by atoms with van der Waals surface area (Å²) in [5.41, 5.74) is 3.16. The number of hydrogen-bond acceptors (Lipinski definition) is 3. The van der Waals surface area contributed by atoms with E-state index in [4.69, 9.17) is 0 Å². The van der Waals surface area contributed by atoms with Crippen molar-refractivity contribution >= 4 is 11.7 Å². The molecule has 25 heavy (non-hydrogen) atoms. The highest BCUT2D eigenvalue weighted by Gasteiger charge is 2.15. The standard InChI is InChI=1S/C20H22N4O/c1-4-14(2)24-19(12-13-21-24)23-20(25)17-10-11-18(22-15(17)3)16-8-6-5-7-9-16/h5-14H,4H2,1-3H3,(H,23,25). The van der Waals surface area contributed by atoms with Crippen molar-refractivity contribution in [2.24, 2.45) is 0 Å². The predicted octanol–water partition coefficient (Wildman–Crippen LogP) is 4.48. The summed E-state index contributed by atoms with van der Waals surface area (Å²) < 4.78 is 1.83. The Morgan fingerprint density at radius 3 is 2.60 bits per heavy atom. The Hall–Kier alpha value is -2.95. The molecule has 0 bridgehead atoms. The number of hydrogen-bond donors (Lipinski definition) is 1. The number of carbonyl (C=O) groups is 1. The van der Waals surface area contributed by atoms with Gasteiger partial charge in [0.2, 0.25) is 0 Å². The van der Waals surface area contributed by atoms with Gasteiger partial charge in [0.15, 0.2) is 0 Å². The second-order valence-corrected chi connectivity index (χ2v) is 6.07. The number of pyridine rings is 1. The van der Waals surface area contributed by atoms with Crippen LogP contribution < -0.4 is 5.32 Å². The van der Waals surface area contributed by atoms with Crippen LogP contribution in [0.5, 0.6) is 0 Å². The van der Waals surface area contributed by atoms with E-state index in [1.54, 1.807) is 6.20 Å². The maximum atomic E-state index is 12.7. The largest absolute Gasteiger partial charge is 0.307 e. The van der Waals surface area contributed by atoms with Gasteiger partial charge in [-0.3, -0.25) is 9.78 Å². The third-order valence-electron chi connectivity index (χ3n) is 4.32. The molecule has 0 radical (unpaired) electrons. The van der Waals surface area contributed by atoms with E-state index in [0.717, 1.165) is 17.7 Å². The van der Waals surface area contributed by atoms with Gasteiger partial charge in [-0.1, -0.05) is 37.3 Å². The smallest absolute Gasteiger partial charge is 0.258 e. The van der Waals surface area contributed by atoms with E-state index in [1.807, 2.05) is 60.1 Å². The molecule has 2 heterocycles. The van der Waals surface area contributed by atoms with Crippen molar-refractivity contribution in [2.75, 3.05) is 5.32 Å². The van der Waals surface area contributed by atoms with Crippen LogP contribution in [0.4, 0.5) is 5.82 Å². The molecule has 3 aromatic rings. The summed E-state index contributed by atoms with van der Waals surface area (Å²) in [4.78, 5) is 17.2. The van der Waals surface area contributed by atoms with Gasteiger partial charge in [-0.05, 0) is 32.4 Å². The Bertz CT molecular complexity index is 870. The minimum absolute atomic E-state index is 0.172. The molecule has 3 rings (SSSR count). The Morgan fingerprint density at radius 2 is 1.92 bits per heavy atom. The van der Waals surface area contributed by atoms with Crippen molar-refractivity contribution < 1.29 is 4.79 Å². The van der Waals surface area contributed by atoms with Gasteiger partial charge in [-0.25, -0.2) is 4.68 Å². The zero-order valence-electron chi connectivity index (χ0n) is 14.7. The summed E-state index contributed by atoms with van der Waals surface area (Å²) in [6, 6.07) is 15.7. The molecule has 5 heteroatoms. The number of carbonyl (C=O) groups excluding carboxylic acids is 1. The van der Waals surface area contributed by atoms with Crippen molar-refractivity contribution in [3.8, 4) is 11.3 Å². The lowest BCUT2D eigenvalue weighted by Crippen LogP contribution is -2.18. The second-order valence-electron chi connectivity index (χ2n) is 6.07. The lowest BCUT2D eigenvalue weighted by Gasteiger charge is -2.15. The van der Waals surface area contributed by atoms with Crippen molar-refractivity contribution in [3.05, 3.63) is 66.0 Å². The van der Waals surface area contributed by atoms with E-state index < -0.39 is 0 Å². The number of aromatic nitrogens is 3. The lowest BCUT2D eigenvalue weighted by atomic mass is 10.1. The van der Waals surface area contributed by atoms with Crippen LogP contribution in [0, 0.1) is 6.92 Å². The highest BCUT2D eigenvalue weighted by molar-refractivity contribution is 6.04. The van der Waals surface area contributed by atoms with Gasteiger partial charge in [0, 0.05) is 11.6 Å². The molecule has 1 unspecified atom stereocenters. The molecule has 128 valence electrons.